The van der Waals surface area contributed by atoms with Gasteiger partial charge in [0.1, 0.15) is 11.8 Å². The Bertz CT molecular complexity index is 884. The summed E-state index contributed by atoms with van der Waals surface area (Å²) < 4.78 is 5.11. The molecule has 1 unspecified atom stereocenters. The predicted octanol–water partition coefficient (Wildman–Crippen LogP) is 3.13. The predicted molar refractivity (Wildman–Crippen MR) is 100 cm³/mol. The fourth-order valence-corrected chi connectivity index (χ4v) is 2.47. The van der Waals surface area contributed by atoms with Crippen LogP contribution in [0.15, 0.2) is 59.8 Å². The number of carbonyl (C=O) groups is 1. The molecule has 6 nitrogen and oxygen atoms in total. The molecule has 0 radical (unpaired) electrons. The molecule has 3 rings (SSSR count). The Hall–Kier alpha value is -3.28. The van der Waals surface area contributed by atoms with Gasteiger partial charge in [-0.25, -0.2) is 5.43 Å². The molecule has 0 saturated heterocycles. The second-order valence-electron chi connectivity index (χ2n) is 5.62. The first-order valence-corrected chi connectivity index (χ1v) is 7.97. The number of nitrogens with zero attached hydrogens (tertiary/aromatic N) is 1. The van der Waals surface area contributed by atoms with Crippen molar-refractivity contribution in [3.8, 4) is 5.75 Å². The Labute approximate surface area is 145 Å². The number of anilines is 1. The standard InChI is InChI=1S/C19H20N4O2/c1-13(22-15-7-9-16(25-2)10-8-15)19(24)23-21-12-14-11-20-18-6-4-3-5-17(14)18/h3-13,20,22H,1-2H3,(H,23,24)/b21-12+. The van der Waals surface area contributed by atoms with Gasteiger partial charge in [0.05, 0.1) is 13.3 Å². The van der Waals surface area contributed by atoms with Crippen molar-refractivity contribution in [3.05, 3.63) is 60.3 Å². The molecule has 2 aromatic carbocycles. The number of carbonyl (C=O) groups excluding carboxylic acids is 1. The molecule has 0 aliphatic carbocycles. The number of para-hydroxylation sites is 1. The molecule has 3 N–H and O–H groups in total. The highest BCUT2D eigenvalue weighted by Gasteiger charge is 2.11. The molecule has 1 amide bonds. The minimum Gasteiger partial charge on any atom is -0.497 e. The number of aromatic amines is 1. The van der Waals surface area contributed by atoms with E-state index in [1.807, 2.05) is 54.7 Å². The van der Waals surface area contributed by atoms with Gasteiger partial charge in [-0.15, -0.1) is 0 Å². The van der Waals surface area contributed by atoms with E-state index < -0.39 is 6.04 Å². The van der Waals surface area contributed by atoms with Gasteiger partial charge in [-0.3, -0.25) is 4.79 Å². The van der Waals surface area contributed by atoms with Crippen molar-refractivity contribution in [2.75, 3.05) is 12.4 Å². The number of nitrogens with one attached hydrogen (secondary N) is 3. The zero-order chi connectivity index (χ0) is 17.6. The summed E-state index contributed by atoms with van der Waals surface area (Å²) in [5.74, 6) is 0.554. The van der Waals surface area contributed by atoms with E-state index in [-0.39, 0.29) is 5.91 Å². The first-order valence-electron chi connectivity index (χ1n) is 7.97. The van der Waals surface area contributed by atoms with Crippen molar-refractivity contribution in [1.29, 1.82) is 0 Å². The van der Waals surface area contributed by atoms with Crippen molar-refractivity contribution in [2.24, 2.45) is 5.10 Å². The molecule has 0 fully saturated rings. The maximum Gasteiger partial charge on any atom is 0.262 e. The van der Waals surface area contributed by atoms with Crippen LogP contribution >= 0.6 is 0 Å². The van der Waals surface area contributed by atoms with Crippen LogP contribution in [0.3, 0.4) is 0 Å². The van der Waals surface area contributed by atoms with Crippen LogP contribution in [0.5, 0.6) is 5.75 Å². The lowest BCUT2D eigenvalue weighted by Crippen LogP contribution is -2.34. The highest BCUT2D eigenvalue weighted by molar-refractivity contribution is 5.99. The third-order valence-electron chi connectivity index (χ3n) is 3.87. The van der Waals surface area contributed by atoms with E-state index in [1.165, 1.54) is 0 Å². The number of ether oxygens (including phenoxy) is 1. The molecule has 0 bridgehead atoms. The number of hydrazone groups is 1. The van der Waals surface area contributed by atoms with Crippen LogP contribution in [0.25, 0.3) is 10.9 Å². The SMILES string of the molecule is COc1ccc(NC(C)C(=O)N/N=C/c2c[nH]c3ccccc23)cc1. The fourth-order valence-electron chi connectivity index (χ4n) is 2.47. The number of fused-ring (bicyclic) bond motifs is 1. The number of methoxy groups -OCH3 is 1. The molecule has 128 valence electrons. The van der Waals surface area contributed by atoms with Crippen LogP contribution < -0.4 is 15.5 Å². The lowest BCUT2D eigenvalue weighted by Gasteiger charge is -2.13. The van der Waals surface area contributed by atoms with Gasteiger partial charge in [-0.2, -0.15) is 5.10 Å². The van der Waals surface area contributed by atoms with Crippen LogP contribution in [-0.2, 0) is 4.79 Å². The van der Waals surface area contributed by atoms with Gasteiger partial charge in [0.2, 0.25) is 0 Å². The Morgan fingerprint density at radius 2 is 1.96 bits per heavy atom. The normalized spacial score (nSPS) is 12.2. The van der Waals surface area contributed by atoms with E-state index >= 15 is 0 Å². The van der Waals surface area contributed by atoms with Crippen LogP contribution in [0.2, 0.25) is 0 Å². The van der Waals surface area contributed by atoms with Crippen molar-refractivity contribution < 1.29 is 9.53 Å². The maximum atomic E-state index is 12.1. The summed E-state index contributed by atoms with van der Waals surface area (Å²) in [6.45, 7) is 1.78. The Morgan fingerprint density at radius 3 is 2.72 bits per heavy atom. The van der Waals surface area contributed by atoms with Crippen molar-refractivity contribution in [2.45, 2.75) is 13.0 Å². The monoisotopic (exact) mass is 336 g/mol. The van der Waals surface area contributed by atoms with E-state index in [4.69, 9.17) is 4.74 Å². The number of H-pyrrole nitrogens is 1. The first-order chi connectivity index (χ1) is 12.2. The maximum absolute atomic E-state index is 12.1. The van der Waals surface area contributed by atoms with Gasteiger partial charge in [0.25, 0.3) is 5.91 Å². The molecule has 25 heavy (non-hydrogen) atoms. The lowest BCUT2D eigenvalue weighted by atomic mass is 10.2. The minimum atomic E-state index is -0.423. The van der Waals surface area contributed by atoms with Crippen LogP contribution in [0, 0.1) is 0 Å². The molecular formula is C19H20N4O2. The quantitative estimate of drug-likeness (QED) is 0.478. The van der Waals surface area contributed by atoms with Crippen LogP contribution in [0.1, 0.15) is 12.5 Å². The Balaban J connectivity index is 1.57. The molecule has 1 atom stereocenters. The second-order valence-corrected chi connectivity index (χ2v) is 5.62. The van der Waals surface area contributed by atoms with E-state index in [9.17, 15) is 4.79 Å². The summed E-state index contributed by atoms with van der Waals surface area (Å²) in [6.07, 6.45) is 3.50. The van der Waals surface area contributed by atoms with Gasteiger partial charge in [-0.05, 0) is 37.3 Å². The molecule has 0 aliphatic heterocycles. The summed E-state index contributed by atoms with van der Waals surface area (Å²) in [5.41, 5.74) is 5.35. The van der Waals surface area contributed by atoms with Crippen LogP contribution in [0.4, 0.5) is 5.69 Å². The molecule has 1 aromatic heterocycles. The molecule has 1 heterocycles. The first kappa shape index (κ1) is 16.6. The average Bonchev–Trinajstić information content (AvgIpc) is 3.05. The third kappa shape index (κ3) is 3.98. The number of benzene rings is 2. The van der Waals surface area contributed by atoms with E-state index in [0.29, 0.717) is 0 Å². The summed E-state index contributed by atoms with van der Waals surface area (Å²) in [5, 5.41) is 8.23. The van der Waals surface area contributed by atoms with E-state index in [1.54, 1.807) is 20.2 Å². The van der Waals surface area contributed by atoms with Crippen molar-refractivity contribution >= 4 is 28.7 Å². The second kappa shape index (κ2) is 7.53. The van der Waals surface area contributed by atoms with Gasteiger partial charge in [0.15, 0.2) is 0 Å². The molecule has 6 heteroatoms. The molecule has 0 aliphatic rings. The minimum absolute atomic E-state index is 0.216. The van der Waals surface area contributed by atoms with Crippen molar-refractivity contribution in [1.82, 2.24) is 10.4 Å². The number of amides is 1. The van der Waals surface area contributed by atoms with E-state index in [2.05, 4.69) is 20.8 Å². The van der Waals surface area contributed by atoms with Gasteiger partial charge >= 0.3 is 0 Å². The summed E-state index contributed by atoms with van der Waals surface area (Å²) in [4.78, 5) is 15.3. The van der Waals surface area contributed by atoms with E-state index in [0.717, 1.165) is 27.9 Å². The number of hydrogen-bond acceptors (Lipinski definition) is 4. The summed E-state index contributed by atoms with van der Waals surface area (Å²) in [7, 11) is 1.62. The van der Waals surface area contributed by atoms with Gasteiger partial charge in [-0.1, -0.05) is 18.2 Å². The number of hydrogen-bond donors (Lipinski definition) is 3. The van der Waals surface area contributed by atoms with Gasteiger partial charge in [0, 0.05) is 28.4 Å². The highest BCUT2D eigenvalue weighted by atomic mass is 16.5. The number of rotatable bonds is 6. The van der Waals surface area contributed by atoms with Crippen molar-refractivity contribution in [3.63, 3.8) is 0 Å². The molecule has 0 saturated carbocycles. The summed E-state index contributed by atoms with van der Waals surface area (Å²) in [6, 6.07) is 14.9. The average molecular weight is 336 g/mol. The number of aromatic nitrogens is 1. The zero-order valence-corrected chi connectivity index (χ0v) is 14.1. The highest BCUT2D eigenvalue weighted by Crippen LogP contribution is 2.16. The Kier molecular flexibility index (Phi) is 4.99. The third-order valence-corrected chi connectivity index (χ3v) is 3.87. The smallest absolute Gasteiger partial charge is 0.262 e. The molecular weight excluding hydrogens is 316 g/mol. The van der Waals surface area contributed by atoms with Gasteiger partial charge < -0.3 is 15.0 Å². The molecule has 3 aromatic rings. The Morgan fingerprint density at radius 1 is 1.20 bits per heavy atom. The fraction of sp³-hybridized carbons (Fsp3) is 0.158. The topological polar surface area (TPSA) is 78.5 Å². The largest absolute Gasteiger partial charge is 0.497 e. The zero-order valence-electron chi connectivity index (χ0n) is 14.1. The van der Waals surface area contributed by atoms with Crippen LogP contribution in [-0.4, -0.2) is 30.3 Å². The summed E-state index contributed by atoms with van der Waals surface area (Å²) >= 11 is 0. The molecule has 0 spiro atoms. The lowest BCUT2D eigenvalue weighted by molar-refractivity contribution is -0.121.